The molecule has 0 saturated carbocycles. The molecular formula is C21H21N5O2S2. The SMILES string of the molecule is CCn1c(SCC(=O)Nc2nc3c(OC)cccc3s2)nnc1-c1cccc(C)c1. The maximum atomic E-state index is 12.5. The average Bonchev–Trinajstić information content (AvgIpc) is 3.35. The van der Waals surface area contributed by atoms with Crippen molar-refractivity contribution in [2.24, 2.45) is 0 Å². The first-order valence-electron chi connectivity index (χ1n) is 9.45. The third-order valence-electron chi connectivity index (χ3n) is 4.49. The number of methoxy groups -OCH3 is 1. The second-order valence-electron chi connectivity index (χ2n) is 6.58. The lowest BCUT2D eigenvalue weighted by molar-refractivity contribution is -0.113. The third kappa shape index (κ3) is 4.17. The molecule has 0 aliphatic rings. The fraction of sp³-hybridized carbons (Fsp3) is 0.238. The molecule has 30 heavy (non-hydrogen) atoms. The first kappa shape index (κ1) is 20.4. The van der Waals surface area contributed by atoms with Crippen molar-refractivity contribution in [2.45, 2.75) is 25.5 Å². The zero-order valence-electron chi connectivity index (χ0n) is 16.9. The number of rotatable bonds is 7. The number of nitrogens with zero attached hydrogens (tertiary/aromatic N) is 4. The van der Waals surface area contributed by atoms with Crippen molar-refractivity contribution in [3.63, 3.8) is 0 Å². The van der Waals surface area contributed by atoms with Crippen molar-refractivity contribution in [1.29, 1.82) is 0 Å². The van der Waals surface area contributed by atoms with Gasteiger partial charge in [-0.2, -0.15) is 0 Å². The van der Waals surface area contributed by atoms with Crippen molar-refractivity contribution >= 4 is 44.4 Å². The van der Waals surface area contributed by atoms with Crippen LogP contribution in [0.2, 0.25) is 0 Å². The van der Waals surface area contributed by atoms with Crippen LogP contribution in [0.1, 0.15) is 12.5 Å². The molecule has 0 bridgehead atoms. The van der Waals surface area contributed by atoms with Gasteiger partial charge in [0.25, 0.3) is 0 Å². The van der Waals surface area contributed by atoms with Crippen molar-refractivity contribution in [1.82, 2.24) is 19.7 Å². The molecule has 9 heteroatoms. The van der Waals surface area contributed by atoms with Crippen LogP contribution in [0.15, 0.2) is 47.6 Å². The molecule has 2 heterocycles. The molecule has 0 saturated heterocycles. The van der Waals surface area contributed by atoms with Crippen LogP contribution in [0.5, 0.6) is 5.75 Å². The number of hydrogen-bond acceptors (Lipinski definition) is 7. The van der Waals surface area contributed by atoms with Crippen molar-refractivity contribution < 1.29 is 9.53 Å². The number of carbonyl (C=O) groups is 1. The summed E-state index contributed by atoms with van der Waals surface area (Å²) >= 11 is 2.78. The Balaban J connectivity index is 1.45. The first-order valence-corrected chi connectivity index (χ1v) is 11.3. The topological polar surface area (TPSA) is 81.9 Å². The van der Waals surface area contributed by atoms with E-state index in [9.17, 15) is 4.79 Å². The number of fused-ring (bicyclic) bond motifs is 1. The van der Waals surface area contributed by atoms with Crippen molar-refractivity contribution in [3.8, 4) is 17.1 Å². The smallest absolute Gasteiger partial charge is 0.236 e. The van der Waals surface area contributed by atoms with Gasteiger partial charge in [0.05, 0.1) is 17.6 Å². The number of carbonyl (C=O) groups excluding carboxylic acids is 1. The molecule has 0 spiro atoms. The lowest BCUT2D eigenvalue weighted by Gasteiger charge is -2.07. The van der Waals surface area contributed by atoms with Gasteiger partial charge in [-0.1, -0.05) is 52.9 Å². The Morgan fingerprint density at radius 2 is 2.07 bits per heavy atom. The number of amides is 1. The Morgan fingerprint density at radius 1 is 1.23 bits per heavy atom. The summed E-state index contributed by atoms with van der Waals surface area (Å²) in [7, 11) is 1.61. The molecule has 0 radical (unpaired) electrons. The quantitative estimate of drug-likeness (QED) is 0.423. The summed E-state index contributed by atoms with van der Waals surface area (Å²) in [6, 6.07) is 13.9. The lowest BCUT2D eigenvalue weighted by Crippen LogP contribution is -2.14. The van der Waals surface area contributed by atoms with Crippen LogP contribution < -0.4 is 10.1 Å². The van der Waals surface area contributed by atoms with Crippen molar-refractivity contribution in [3.05, 3.63) is 48.0 Å². The van der Waals surface area contributed by atoms with Crippen LogP contribution in [0, 0.1) is 6.92 Å². The summed E-state index contributed by atoms with van der Waals surface area (Å²) in [6.45, 7) is 4.81. The van der Waals surface area contributed by atoms with Gasteiger partial charge in [0.15, 0.2) is 16.1 Å². The average molecular weight is 440 g/mol. The monoisotopic (exact) mass is 439 g/mol. The number of aromatic nitrogens is 4. The molecule has 154 valence electrons. The molecule has 0 aliphatic carbocycles. The van der Waals surface area contributed by atoms with E-state index in [1.807, 2.05) is 54.8 Å². The highest BCUT2D eigenvalue weighted by Gasteiger charge is 2.16. The summed E-state index contributed by atoms with van der Waals surface area (Å²) in [6.07, 6.45) is 0. The highest BCUT2D eigenvalue weighted by atomic mass is 32.2. The van der Waals surface area contributed by atoms with Crippen LogP contribution in [0.4, 0.5) is 5.13 Å². The number of anilines is 1. The number of aryl methyl sites for hydroxylation is 1. The maximum Gasteiger partial charge on any atom is 0.236 e. The molecule has 4 rings (SSSR count). The molecule has 1 N–H and O–H groups in total. The lowest BCUT2D eigenvalue weighted by atomic mass is 10.1. The fourth-order valence-corrected chi connectivity index (χ4v) is 4.81. The molecule has 0 aliphatic heterocycles. The minimum Gasteiger partial charge on any atom is -0.494 e. The van der Waals surface area contributed by atoms with Crippen LogP contribution >= 0.6 is 23.1 Å². The van der Waals surface area contributed by atoms with E-state index in [4.69, 9.17) is 4.74 Å². The number of ether oxygens (including phenoxy) is 1. The Bertz CT molecular complexity index is 1200. The van der Waals surface area contributed by atoms with E-state index in [0.717, 1.165) is 33.3 Å². The van der Waals surface area contributed by atoms with Gasteiger partial charge in [0.1, 0.15) is 11.3 Å². The Hall–Kier alpha value is -2.91. The standard InChI is InChI=1S/C21H21N5O2S2/c1-4-26-19(14-8-5-7-13(2)11-14)24-25-21(26)29-12-17(27)22-20-23-18-15(28-3)9-6-10-16(18)30-20/h5-11H,4,12H2,1-3H3,(H,22,23,27). The van der Waals surface area contributed by atoms with Crippen molar-refractivity contribution in [2.75, 3.05) is 18.2 Å². The van der Waals surface area contributed by atoms with E-state index in [2.05, 4.69) is 26.6 Å². The third-order valence-corrected chi connectivity index (χ3v) is 6.39. The largest absolute Gasteiger partial charge is 0.494 e. The van der Waals surface area contributed by atoms with Gasteiger partial charge in [-0.15, -0.1) is 10.2 Å². The van der Waals surface area contributed by atoms with Gasteiger partial charge < -0.3 is 14.6 Å². The van der Waals surface area contributed by atoms with E-state index in [1.165, 1.54) is 28.7 Å². The molecule has 4 aromatic rings. The zero-order chi connectivity index (χ0) is 21.1. The molecule has 0 atom stereocenters. The number of para-hydroxylation sites is 1. The van der Waals surface area contributed by atoms with Gasteiger partial charge >= 0.3 is 0 Å². The number of benzene rings is 2. The Labute approximate surface area is 182 Å². The second-order valence-corrected chi connectivity index (χ2v) is 8.56. The predicted molar refractivity (Wildman–Crippen MR) is 121 cm³/mol. The number of nitrogens with one attached hydrogen (secondary N) is 1. The van der Waals surface area contributed by atoms with Crippen LogP contribution in [0.25, 0.3) is 21.6 Å². The summed E-state index contributed by atoms with van der Waals surface area (Å²) in [5.74, 6) is 1.58. The van der Waals surface area contributed by atoms with Crippen LogP contribution in [0.3, 0.4) is 0 Å². The molecule has 2 aromatic heterocycles. The maximum absolute atomic E-state index is 12.5. The van der Waals surface area contributed by atoms with Gasteiger partial charge in [-0.25, -0.2) is 4.98 Å². The summed E-state index contributed by atoms with van der Waals surface area (Å²) in [4.78, 5) is 17.0. The molecule has 0 unspecified atom stereocenters. The van der Waals surface area contributed by atoms with E-state index >= 15 is 0 Å². The summed E-state index contributed by atoms with van der Waals surface area (Å²) in [5, 5.41) is 12.8. The minimum absolute atomic E-state index is 0.138. The first-order chi connectivity index (χ1) is 14.6. The van der Waals surface area contributed by atoms with Gasteiger partial charge in [-0.05, 0) is 32.0 Å². The number of hydrogen-bond donors (Lipinski definition) is 1. The summed E-state index contributed by atoms with van der Waals surface area (Å²) < 4.78 is 8.32. The second kappa shape index (κ2) is 8.85. The summed E-state index contributed by atoms with van der Waals surface area (Å²) in [5.41, 5.74) is 2.93. The Kier molecular flexibility index (Phi) is 6.01. The highest BCUT2D eigenvalue weighted by molar-refractivity contribution is 7.99. The fourth-order valence-electron chi connectivity index (χ4n) is 3.11. The highest BCUT2D eigenvalue weighted by Crippen LogP contribution is 2.32. The number of thioether (sulfide) groups is 1. The molecular weight excluding hydrogens is 418 g/mol. The molecule has 2 aromatic carbocycles. The molecule has 1 amide bonds. The minimum atomic E-state index is -0.138. The van der Waals surface area contributed by atoms with Gasteiger partial charge in [0, 0.05) is 12.1 Å². The zero-order valence-corrected chi connectivity index (χ0v) is 18.5. The van der Waals surface area contributed by atoms with Crippen LogP contribution in [-0.2, 0) is 11.3 Å². The predicted octanol–water partition coefficient (Wildman–Crippen LogP) is 4.62. The van der Waals surface area contributed by atoms with Crippen LogP contribution in [-0.4, -0.2) is 38.5 Å². The van der Waals surface area contributed by atoms with Gasteiger partial charge in [0.2, 0.25) is 5.91 Å². The van der Waals surface area contributed by atoms with E-state index < -0.39 is 0 Å². The number of thiazole rings is 1. The van der Waals surface area contributed by atoms with E-state index in [-0.39, 0.29) is 11.7 Å². The van der Waals surface area contributed by atoms with E-state index in [0.29, 0.717) is 10.9 Å². The molecule has 7 nitrogen and oxygen atoms in total. The normalized spacial score (nSPS) is 11.0. The molecule has 0 fully saturated rings. The Morgan fingerprint density at radius 3 is 2.83 bits per heavy atom. The van der Waals surface area contributed by atoms with E-state index in [1.54, 1.807) is 7.11 Å². The van der Waals surface area contributed by atoms with Gasteiger partial charge in [-0.3, -0.25) is 4.79 Å².